The van der Waals surface area contributed by atoms with Crippen molar-refractivity contribution in [2.75, 3.05) is 26.1 Å². The van der Waals surface area contributed by atoms with Gasteiger partial charge < -0.3 is 9.64 Å². The summed E-state index contributed by atoms with van der Waals surface area (Å²) in [7, 11) is 5.42. The lowest BCUT2D eigenvalue weighted by Crippen LogP contribution is -2.08. The summed E-state index contributed by atoms with van der Waals surface area (Å²) < 4.78 is 18.6. The molecule has 2 aromatic rings. The average Bonchev–Trinajstić information content (AvgIpc) is 2.29. The summed E-state index contributed by atoms with van der Waals surface area (Å²) in [6.45, 7) is 0. The molecule has 0 spiro atoms. The number of rotatable bonds is 2. The maximum absolute atomic E-state index is 13.5. The van der Waals surface area contributed by atoms with Crippen molar-refractivity contribution in [3.05, 3.63) is 30.3 Å². The van der Waals surface area contributed by atoms with E-state index in [1.165, 1.54) is 6.20 Å². The number of methoxy groups -OCH3 is 1. The van der Waals surface area contributed by atoms with Gasteiger partial charge in [0, 0.05) is 30.6 Å². The smallest absolute Gasteiger partial charge is 0.220 e. The van der Waals surface area contributed by atoms with Crippen molar-refractivity contribution in [1.29, 1.82) is 0 Å². The minimum absolute atomic E-state index is 0.471. The van der Waals surface area contributed by atoms with Gasteiger partial charge in [0.2, 0.25) is 5.95 Å². The lowest BCUT2D eigenvalue weighted by atomic mass is 10.1. The Morgan fingerprint density at radius 2 is 2.00 bits per heavy atom. The molecule has 0 fully saturated rings. The van der Waals surface area contributed by atoms with E-state index < -0.39 is 5.95 Å². The average molecular weight is 220 g/mol. The molecule has 0 amide bonds. The van der Waals surface area contributed by atoms with E-state index in [2.05, 4.69) is 4.98 Å². The molecule has 1 heterocycles. The largest absolute Gasteiger partial charge is 0.494 e. The number of nitrogens with zero attached hydrogens (tertiary/aromatic N) is 2. The predicted molar refractivity (Wildman–Crippen MR) is 62.6 cm³/mol. The fraction of sp³-hybridized carbons (Fsp3) is 0.250. The van der Waals surface area contributed by atoms with E-state index in [1.807, 2.05) is 31.1 Å². The van der Waals surface area contributed by atoms with Gasteiger partial charge in [-0.05, 0) is 18.2 Å². The van der Waals surface area contributed by atoms with Crippen molar-refractivity contribution in [2.45, 2.75) is 0 Å². The molecule has 1 aromatic heterocycles. The van der Waals surface area contributed by atoms with E-state index in [1.54, 1.807) is 13.2 Å². The van der Waals surface area contributed by atoms with Crippen LogP contribution in [0.15, 0.2) is 24.4 Å². The number of halogens is 1. The van der Waals surface area contributed by atoms with Crippen molar-refractivity contribution in [2.24, 2.45) is 0 Å². The Labute approximate surface area is 93.5 Å². The van der Waals surface area contributed by atoms with Gasteiger partial charge in [0.1, 0.15) is 5.75 Å². The molecule has 3 nitrogen and oxygen atoms in total. The Hall–Kier alpha value is -1.84. The summed E-state index contributed by atoms with van der Waals surface area (Å²) in [5.74, 6) is 0.112. The van der Waals surface area contributed by atoms with Gasteiger partial charge in [0.05, 0.1) is 13.3 Å². The molecule has 16 heavy (non-hydrogen) atoms. The first kappa shape index (κ1) is 10.7. The van der Waals surface area contributed by atoms with Gasteiger partial charge >= 0.3 is 0 Å². The number of pyridine rings is 1. The van der Waals surface area contributed by atoms with Crippen LogP contribution >= 0.6 is 0 Å². The molecule has 0 N–H and O–H groups in total. The van der Waals surface area contributed by atoms with Gasteiger partial charge in [0.25, 0.3) is 0 Å². The van der Waals surface area contributed by atoms with E-state index in [0.29, 0.717) is 11.1 Å². The molecule has 0 saturated carbocycles. The minimum Gasteiger partial charge on any atom is -0.494 e. The number of anilines is 1. The number of aromatic nitrogens is 1. The maximum atomic E-state index is 13.5. The van der Waals surface area contributed by atoms with Crippen molar-refractivity contribution in [3.8, 4) is 5.75 Å². The molecular weight excluding hydrogens is 207 g/mol. The Kier molecular flexibility index (Phi) is 2.64. The zero-order valence-corrected chi connectivity index (χ0v) is 9.49. The molecule has 84 valence electrons. The summed E-state index contributed by atoms with van der Waals surface area (Å²) in [5, 5.41) is 1.21. The first-order chi connectivity index (χ1) is 7.63. The first-order valence-electron chi connectivity index (χ1n) is 4.93. The number of benzene rings is 1. The summed E-state index contributed by atoms with van der Waals surface area (Å²) in [5.41, 5.74) is 0.997. The zero-order valence-electron chi connectivity index (χ0n) is 9.49. The van der Waals surface area contributed by atoms with Gasteiger partial charge in [0.15, 0.2) is 0 Å². The van der Waals surface area contributed by atoms with E-state index in [0.717, 1.165) is 11.1 Å². The third-order valence-electron chi connectivity index (χ3n) is 2.52. The van der Waals surface area contributed by atoms with Gasteiger partial charge in [-0.1, -0.05) is 0 Å². The van der Waals surface area contributed by atoms with Crippen molar-refractivity contribution < 1.29 is 9.13 Å². The van der Waals surface area contributed by atoms with Crippen LogP contribution in [0.3, 0.4) is 0 Å². The second-order valence-corrected chi connectivity index (χ2v) is 3.74. The number of ether oxygens (including phenoxy) is 1. The van der Waals surface area contributed by atoms with E-state index >= 15 is 0 Å². The molecule has 4 heteroatoms. The minimum atomic E-state index is -0.471. The Morgan fingerprint density at radius 1 is 1.25 bits per heavy atom. The van der Waals surface area contributed by atoms with Crippen LogP contribution in [0.25, 0.3) is 10.8 Å². The van der Waals surface area contributed by atoms with E-state index in [9.17, 15) is 4.39 Å². The molecule has 0 atom stereocenters. The third kappa shape index (κ3) is 1.66. The Morgan fingerprint density at radius 3 is 2.62 bits per heavy atom. The second-order valence-electron chi connectivity index (χ2n) is 3.74. The molecule has 0 aliphatic carbocycles. The summed E-state index contributed by atoms with van der Waals surface area (Å²) in [6, 6.07) is 5.46. The topological polar surface area (TPSA) is 25.4 Å². The molecule has 0 unspecified atom stereocenters. The highest BCUT2D eigenvalue weighted by molar-refractivity contribution is 5.90. The summed E-state index contributed by atoms with van der Waals surface area (Å²) >= 11 is 0. The molecule has 0 saturated heterocycles. The van der Waals surface area contributed by atoms with Crippen molar-refractivity contribution >= 4 is 16.5 Å². The van der Waals surface area contributed by atoms with Crippen LogP contribution in [0.2, 0.25) is 0 Å². The van der Waals surface area contributed by atoms with E-state index in [-0.39, 0.29) is 0 Å². The highest BCUT2D eigenvalue weighted by atomic mass is 19.1. The fourth-order valence-electron chi connectivity index (χ4n) is 1.61. The van der Waals surface area contributed by atoms with Crippen molar-refractivity contribution in [3.63, 3.8) is 0 Å². The second kappa shape index (κ2) is 3.96. The monoisotopic (exact) mass is 220 g/mol. The molecule has 0 aliphatic rings. The summed E-state index contributed by atoms with van der Waals surface area (Å²) in [4.78, 5) is 5.60. The van der Waals surface area contributed by atoms with Gasteiger partial charge in [-0.25, -0.2) is 4.98 Å². The lowest BCUT2D eigenvalue weighted by Gasteiger charge is -2.14. The van der Waals surface area contributed by atoms with E-state index in [4.69, 9.17) is 4.74 Å². The highest BCUT2D eigenvalue weighted by Gasteiger charge is 2.08. The number of hydrogen-bond donors (Lipinski definition) is 0. The van der Waals surface area contributed by atoms with Crippen LogP contribution in [-0.2, 0) is 0 Å². The Balaban J connectivity index is 2.74. The number of hydrogen-bond acceptors (Lipinski definition) is 3. The predicted octanol–water partition coefficient (Wildman–Crippen LogP) is 2.45. The SMILES string of the molecule is COc1cnc(F)c2ccc(N(C)C)cc12. The summed E-state index contributed by atoms with van der Waals surface area (Å²) in [6.07, 6.45) is 1.40. The fourth-order valence-corrected chi connectivity index (χ4v) is 1.61. The van der Waals surface area contributed by atoms with Gasteiger partial charge in [-0.2, -0.15) is 4.39 Å². The Bertz CT molecular complexity index is 526. The van der Waals surface area contributed by atoms with Gasteiger partial charge in [-0.15, -0.1) is 0 Å². The third-order valence-corrected chi connectivity index (χ3v) is 2.52. The standard InChI is InChI=1S/C12H13FN2O/c1-15(2)8-4-5-9-10(6-8)11(16-3)7-14-12(9)13/h4-7H,1-3H3. The molecule has 2 rings (SSSR count). The first-order valence-corrected chi connectivity index (χ1v) is 4.93. The number of fused-ring (bicyclic) bond motifs is 1. The molecule has 1 aromatic carbocycles. The molecule has 0 radical (unpaired) electrons. The quantitative estimate of drug-likeness (QED) is 0.727. The van der Waals surface area contributed by atoms with Crippen molar-refractivity contribution in [1.82, 2.24) is 4.98 Å². The zero-order chi connectivity index (χ0) is 11.7. The molecular formula is C12H13FN2O. The van der Waals surface area contributed by atoms with Crippen LogP contribution in [-0.4, -0.2) is 26.2 Å². The van der Waals surface area contributed by atoms with Crippen LogP contribution in [0.5, 0.6) is 5.75 Å². The lowest BCUT2D eigenvalue weighted by molar-refractivity contribution is 0.416. The molecule has 0 bridgehead atoms. The van der Waals surface area contributed by atoms with Crippen LogP contribution in [0, 0.1) is 5.95 Å². The highest BCUT2D eigenvalue weighted by Crippen LogP contribution is 2.29. The van der Waals surface area contributed by atoms with Crippen LogP contribution in [0.4, 0.5) is 10.1 Å². The van der Waals surface area contributed by atoms with Crippen LogP contribution < -0.4 is 9.64 Å². The molecule has 0 aliphatic heterocycles. The van der Waals surface area contributed by atoms with Gasteiger partial charge in [-0.3, -0.25) is 0 Å². The normalized spacial score (nSPS) is 10.5. The van der Waals surface area contributed by atoms with Crippen LogP contribution in [0.1, 0.15) is 0 Å². The maximum Gasteiger partial charge on any atom is 0.220 e.